The van der Waals surface area contributed by atoms with Crippen LogP contribution in [0.2, 0.25) is 0 Å². The Bertz CT molecular complexity index is 388. The van der Waals surface area contributed by atoms with Crippen molar-refractivity contribution >= 4 is 21.8 Å². The van der Waals surface area contributed by atoms with E-state index in [4.69, 9.17) is 10.6 Å². The Kier molecular flexibility index (Phi) is 5.93. The van der Waals surface area contributed by atoms with Crippen LogP contribution in [0.5, 0.6) is 5.75 Å². The number of ether oxygens (including phenoxy) is 1. The molecule has 0 fully saturated rings. The van der Waals surface area contributed by atoms with Gasteiger partial charge in [0.25, 0.3) is 0 Å². The molecule has 0 spiro atoms. The van der Waals surface area contributed by atoms with Gasteiger partial charge in [0.1, 0.15) is 0 Å². The highest BCUT2D eigenvalue weighted by Gasteiger charge is 2.04. The second-order valence-corrected chi connectivity index (χ2v) is 4.36. The fourth-order valence-electron chi connectivity index (χ4n) is 1.23. The summed E-state index contributed by atoms with van der Waals surface area (Å²) in [4.78, 5) is 10.8. The number of rotatable bonds is 6. The zero-order chi connectivity index (χ0) is 12.7. The van der Waals surface area contributed by atoms with E-state index in [2.05, 4.69) is 15.9 Å². The van der Waals surface area contributed by atoms with Crippen LogP contribution in [0.4, 0.5) is 4.39 Å². The summed E-state index contributed by atoms with van der Waals surface area (Å²) in [6, 6.07) is 4.61. The molecular formula is C11H14BrFN2O2. The van der Waals surface area contributed by atoms with Crippen molar-refractivity contribution in [2.45, 2.75) is 19.3 Å². The lowest BCUT2D eigenvalue weighted by Gasteiger charge is -2.07. The van der Waals surface area contributed by atoms with Gasteiger partial charge < -0.3 is 4.74 Å². The number of carbonyl (C=O) groups excluding carboxylic acids is 1. The van der Waals surface area contributed by atoms with Crippen molar-refractivity contribution in [1.29, 1.82) is 0 Å². The van der Waals surface area contributed by atoms with Crippen molar-refractivity contribution in [2.75, 3.05) is 6.61 Å². The van der Waals surface area contributed by atoms with Crippen LogP contribution in [-0.4, -0.2) is 12.5 Å². The highest BCUT2D eigenvalue weighted by atomic mass is 79.9. The van der Waals surface area contributed by atoms with Crippen molar-refractivity contribution in [3.63, 3.8) is 0 Å². The summed E-state index contributed by atoms with van der Waals surface area (Å²) in [6.45, 7) is 0.371. The Morgan fingerprint density at radius 3 is 2.88 bits per heavy atom. The van der Waals surface area contributed by atoms with Gasteiger partial charge in [-0.1, -0.05) is 15.9 Å². The first-order valence-corrected chi connectivity index (χ1v) is 6.00. The zero-order valence-electron chi connectivity index (χ0n) is 9.21. The minimum absolute atomic E-state index is 0.208. The van der Waals surface area contributed by atoms with Gasteiger partial charge in [-0.05, 0) is 31.0 Å². The van der Waals surface area contributed by atoms with Crippen LogP contribution in [-0.2, 0) is 4.79 Å². The third-order valence-corrected chi connectivity index (χ3v) is 2.60. The Morgan fingerprint density at radius 1 is 1.47 bits per heavy atom. The molecule has 1 amide bonds. The number of hydrogen-bond acceptors (Lipinski definition) is 3. The maximum absolute atomic E-state index is 13.3. The summed E-state index contributed by atoms with van der Waals surface area (Å²) in [5, 5.41) is 0. The van der Waals surface area contributed by atoms with Crippen LogP contribution in [0.3, 0.4) is 0 Å². The van der Waals surface area contributed by atoms with Crippen LogP contribution in [0.1, 0.15) is 19.3 Å². The summed E-state index contributed by atoms with van der Waals surface area (Å²) in [5.41, 5.74) is 2.04. The van der Waals surface area contributed by atoms with Gasteiger partial charge in [0.2, 0.25) is 5.91 Å². The molecule has 0 heterocycles. The van der Waals surface area contributed by atoms with Crippen LogP contribution >= 0.6 is 15.9 Å². The first-order chi connectivity index (χ1) is 8.13. The smallest absolute Gasteiger partial charge is 0.233 e. The van der Waals surface area contributed by atoms with Gasteiger partial charge in [-0.3, -0.25) is 10.2 Å². The number of halogens is 2. The molecule has 0 aliphatic carbocycles. The lowest BCUT2D eigenvalue weighted by Crippen LogP contribution is -2.29. The molecule has 1 aromatic carbocycles. The monoisotopic (exact) mass is 304 g/mol. The number of amides is 1. The number of hydrogen-bond donors (Lipinski definition) is 2. The summed E-state index contributed by atoms with van der Waals surface area (Å²) < 4.78 is 19.2. The molecular weight excluding hydrogens is 291 g/mol. The number of carbonyl (C=O) groups is 1. The van der Waals surface area contributed by atoms with Gasteiger partial charge >= 0.3 is 0 Å². The van der Waals surface area contributed by atoms with Crippen molar-refractivity contribution < 1.29 is 13.9 Å². The Morgan fingerprint density at radius 2 is 2.24 bits per heavy atom. The molecule has 0 saturated carbocycles. The van der Waals surface area contributed by atoms with Crippen molar-refractivity contribution in [3.8, 4) is 5.75 Å². The predicted octanol–water partition coefficient (Wildman–Crippen LogP) is 2.13. The maximum Gasteiger partial charge on any atom is 0.233 e. The normalized spacial score (nSPS) is 10.1. The second kappa shape index (κ2) is 7.24. The number of benzene rings is 1. The third-order valence-electron chi connectivity index (χ3n) is 2.11. The van der Waals surface area contributed by atoms with Gasteiger partial charge in [0.15, 0.2) is 11.6 Å². The largest absolute Gasteiger partial charge is 0.491 e. The summed E-state index contributed by atoms with van der Waals surface area (Å²) in [6.07, 6.45) is 1.67. The standard InChI is InChI=1S/C11H14BrFN2O2/c12-8-4-5-10(9(13)7-8)17-6-2-1-3-11(16)15-14/h4-5,7H,1-3,6,14H2,(H,15,16). The lowest BCUT2D eigenvalue weighted by atomic mass is 10.2. The molecule has 0 aromatic heterocycles. The van der Waals surface area contributed by atoms with E-state index in [0.29, 0.717) is 30.3 Å². The molecule has 94 valence electrons. The van der Waals surface area contributed by atoms with E-state index in [1.165, 1.54) is 6.07 Å². The van der Waals surface area contributed by atoms with Gasteiger partial charge in [-0.2, -0.15) is 0 Å². The minimum atomic E-state index is -0.404. The lowest BCUT2D eigenvalue weighted by molar-refractivity contribution is -0.121. The molecule has 0 aliphatic heterocycles. The van der Waals surface area contributed by atoms with E-state index in [1.807, 2.05) is 5.43 Å². The average molecular weight is 305 g/mol. The molecule has 0 bridgehead atoms. The average Bonchev–Trinajstić information content (AvgIpc) is 2.30. The first-order valence-electron chi connectivity index (χ1n) is 5.21. The van der Waals surface area contributed by atoms with Crippen molar-refractivity contribution in [2.24, 2.45) is 5.84 Å². The zero-order valence-corrected chi connectivity index (χ0v) is 10.8. The summed E-state index contributed by atoms with van der Waals surface area (Å²) in [7, 11) is 0. The molecule has 6 heteroatoms. The molecule has 0 atom stereocenters. The van der Waals surface area contributed by atoms with E-state index in [-0.39, 0.29) is 11.7 Å². The maximum atomic E-state index is 13.3. The van der Waals surface area contributed by atoms with E-state index < -0.39 is 5.82 Å². The molecule has 4 nitrogen and oxygen atoms in total. The molecule has 0 unspecified atom stereocenters. The quantitative estimate of drug-likeness (QED) is 0.366. The van der Waals surface area contributed by atoms with Gasteiger partial charge in [-0.25, -0.2) is 10.2 Å². The number of nitrogens with one attached hydrogen (secondary N) is 1. The van der Waals surface area contributed by atoms with E-state index in [1.54, 1.807) is 12.1 Å². The third kappa shape index (κ3) is 5.14. The Hall–Kier alpha value is -1.14. The Balaban J connectivity index is 2.24. The number of nitrogens with two attached hydrogens (primary N) is 1. The Labute approximate surface area is 107 Å². The van der Waals surface area contributed by atoms with E-state index in [0.717, 1.165) is 0 Å². The van der Waals surface area contributed by atoms with Crippen molar-refractivity contribution in [3.05, 3.63) is 28.5 Å². The van der Waals surface area contributed by atoms with Gasteiger partial charge in [-0.15, -0.1) is 0 Å². The highest BCUT2D eigenvalue weighted by Crippen LogP contribution is 2.21. The number of hydrazine groups is 1. The second-order valence-electron chi connectivity index (χ2n) is 3.45. The summed E-state index contributed by atoms with van der Waals surface area (Å²) >= 11 is 3.16. The fourth-order valence-corrected chi connectivity index (χ4v) is 1.57. The predicted molar refractivity (Wildman–Crippen MR) is 65.8 cm³/mol. The molecule has 0 aliphatic rings. The molecule has 0 radical (unpaired) electrons. The molecule has 1 aromatic rings. The minimum Gasteiger partial charge on any atom is -0.491 e. The van der Waals surface area contributed by atoms with Crippen molar-refractivity contribution in [1.82, 2.24) is 5.43 Å². The molecule has 1 rings (SSSR count). The van der Waals surface area contributed by atoms with Crippen LogP contribution in [0.25, 0.3) is 0 Å². The van der Waals surface area contributed by atoms with E-state index in [9.17, 15) is 9.18 Å². The van der Waals surface area contributed by atoms with Gasteiger partial charge in [0, 0.05) is 10.9 Å². The van der Waals surface area contributed by atoms with Crippen LogP contribution < -0.4 is 16.0 Å². The summed E-state index contributed by atoms with van der Waals surface area (Å²) in [5.74, 6) is 4.53. The van der Waals surface area contributed by atoms with Crippen LogP contribution in [0, 0.1) is 5.82 Å². The SMILES string of the molecule is NNC(=O)CCCCOc1ccc(Br)cc1F. The number of unbranched alkanes of at least 4 members (excludes halogenated alkanes) is 1. The van der Waals surface area contributed by atoms with Crippen LogP contribution in [0.15, 0.2) is 22.7 Å². The highest BCUT2D eigenvalue weighted by molar-refractivity contribution is 9.10. The van der Waals surface area contributed by atoms with Gasteiger partial charge in [0.05, 0.1) is 6.61 Å². The van der Waals surface area contributed by atoms with E-state index >= 15 is 0 Å². The fraction of sp³-hybridized carbons (Fsp3) is 0.364. The first kappa shape index (κ1) is 13.9. The molecule has 3 N–H and O–H groups in total. The molecule has 0 saturated heterocycles. The topological polar surface area (TPSA) is 64.3 Å². The molecule has 17 heavy (non-hydrogen) atoms.